The van der Waals surface area contributed by atoms with E-state index in [-0.39, 0.29) is 5.82 Å². The Labute approximate surface area is 105 Å². The van der Waals surface area contributed by atoms with Crippen LogP contribution in [0.2, 0.25) is 5.02 Å². The molecule has 1 fully saturated rings. The summed E-state index contributed by atoms with van der Waals surface area (Å²) in [4.78, 5) is 16.3. The van der Waals surface area contributed by atoms with Gasteiger partial charge < -0.3 is 15.0 Å². The van der Waals surface area contributed by atoms with E-state index in [4.69, 9.17) is 11.6 Å². The van der Waals surface area contributed by atoms with Crippen molar-refractivity contribution in [3.8, 4) is 0 Å². The van der Waals surface area contributed by atoms with Gasteiger partial charge in [-0.15, -0.1) is 0 Å². The van der Waals surface area contributed by atoms with Crippen molar-refractivity contribution >= 4 is 23.1 Å². The van der Waals surface area contributed by atoms with E-state index in [0.29, 0.717) is 16.6 Å². The number of hydrogen-bond donors (Lipinski definition) is 0. The molecule has 1 aromatic heterocycles. The van der Waals surface area contributed by atoms with Gasteiger partial charge in [-0.05, 0) is 34.7 Å². The molecular weight excluding hydrogens is 242 g/mol. The lowest BCUT2D eigenvalue weighted by Gasteiger charge is -2.31. The summed E-state index contributed by atoms with van der Waals surface area (Å²) in [6.07, 6.45) is 3.41. The van der Waals surface area contributed by atoms with Gasteiger partial charge in [-0.1, -0.05) is 18.5 Å². The van der Waals surface area contributed by atoms with Gasteiger partial charge in [0, 0.05) is 13.1 Å². The van der Waals surface area contributed by atoms with Crippen molar-refractivity contribution in [1.29, 1.82) is 0 Å². The molecule has 1 aliphatic heterocycles. The van der Waals surface area contributed by atoms with E-state index >= 15 is 0 Å². The van der Waals surface area contributed by atoms with Crippen molar-refractivity contribution in [1.82, 2.24) is 4.98 Å². The Kier molecular flexibility index (Phi) is 3.47. The number of pyridine rings is 1. The van der Waals surface area contributed by atoms with Crippen molar-refractivity contribution in [2.24, 2.45) is 5.92 Å². The lowest BCUT2D eigenvalue weighted by molar-refractivity contribution is -0.388. The average Bonchev–Trinajstić information content (AvgIpc) is 2.29. The number of nitrogens with zero attached hydrogens (tertiary/aromatic N) is 3. The second-order valence-corrected chi connectivity index (χ2v) is 4.86. The summed E-state index contributed by atoms with van der Waals surface area (Å²) in [5.74, 6) is 0.571. The lowest BCUT2D eigenvalue weighted by atomic mass is 9.99. The molecular formula is C11H14ClN3O2. The molecule has 17 heavy (non-hydrogen) atoms. The SMILES string of the molecule is CC1CCN(c2cc(Cl)cnc2[N+](=O)[O-])CC1. The Bertz CT molecular complexity index is 431. The van der Waals surface area contributed by atoms with E-state index in [2.05, 4.69) is 11.9 Å². The third-order valence-corrected chi connectivity index (χ3v) is 3.32. The summed E-state index contributed by atoms with van der Waals surface area (Å²) in [5.41, 5.74) is 0.536. The maximum absolute atomic E-state index is 10.9. The van der Waals surface area contributed by atoms with Gasteiger partial charge in [0.25, 0.3) is 0 Å². The van der Waals surface area contributed by atoms with E-state index in [1.165, 1.54) is 6.20 Å². The monoisotopic (exact) mass is 255 g/mol. The van der Waals surface area contributed by atoms with Gasteiger partial charge in [-0.2, -0.15) is 0 Å². The van der Waals surface area contributed by atoms with Gasteiger partial charge in [0.2, 0.25) is 0 Å². The number of halogens is 1. The molecule has 2 heterocycles. The van der Waals surface area contributed by atoms with E-state index < -0.39 is 4.92 Å². The van der Waals surface area contributed by atoms with Crippen LogP contribution in [0.3, 0.4) is 0 Å². The molecule has 0 aliphatic carbocycles. The van der Waals surface area contributed by atoms with Crippen LogP contribution in [-0.4, -0.2) is 23.0 Å². The smallest absolute Gasteiger partial charge is 0.365 e. The highest BCUT2D eigenvalue weighted by molar-refractivity contribution is 6.30. The molecule has 1 saturated heterocycles. The van der Waals surface area contributed by atoms with Gasteiger partial charge in [-0.25, -0.2) is 0 Å². The molecule has 0 radical (unpaired) electrons. The van der Waals surface area contributed by atoms with Crippen LogP contribution in [0.5, 0.6) is 0 Å². The first-order valence-electron chi connectivity index (χ1n) is 5.63. The Morgan fingerprint density at radius 2 is 2.18 bits per heavy atom. The van der Waals surface area contributed by atoms with Crippen LogP contribution in [0.4, 0.5) is 11.5 Å². The maximum atomic E-state index is 10.9. The van der Waals surface area contributed by atoms with Crippen LogP contribution in [0.1, 0.15) is 19.8 Å². The molecule has 0 bridgehead atoms. The van der Waals surface area contributed by atoms with Gasteiger partial charge in [0.15, 0.2) is 6.20 Å². The van der Waals surface area contributed by atoms with Gasteiger partial charge in [-0.3, -0.25) is 0 Å². The number of nitro groups is 1. The molecule has 0 amide bonds. The zero-order chi connectivity index (χ0) is 12.4. The summed E-state index contributed by atoms with van der Waals surface area (Å²) >= 11 is 5.86. The summed E-state index contributed by atoms with van der Waals surface area (Å²) in [5, 5.41) is 11.3. The van der Waals surface area contributed by atoms with Gasteiger partial charge in [0.1, 0.15) is 5.69 Å². The largest absolute Gasteiger partial charge is 0.387 e. The minimum absolute atomic E-state index is 0.107. The van der Waals surface area contributed by atoms with Crippen molar-refractivity contribution in [3.63, 3.8) is 0 Å². The summed E-state index contributed by atoms with van der Waals surface area (Å²) < 4.78 is 0. The first-order chi connectivity index (χ1) is 8.08. The molecule has 0 aromatic carbocycles. The summed E-state index contributed by atoms with van der Waals surface area (Å²) in [6.45, 7) is 3.84. The van der Waals surface area contributed by atoms with Crippen LogP contribution < -0.4 is 4.90 Å². The number of aromatic nitrogens is 1. The zero-order valence-corrected chi connectivity index (χ0v) is 10.4. The second-order valence-electron chi connectivity index (χ2n) is 4.42. The molecule has 6 heteroatoms. The Morgan fingerprint density at radius 3 is 2.76 bits per heavy atom. The third kappa shape index (κ3) is 2.66. The van der Waals surface area contributed by atoms with E-state index in [1.807, 2.05) is 4.90 Å². The maximum Gasteiger partial charge on any atom is 0.387 e. The molecule has 92 valence electrons. The highest BCUT2D eigenvalue weighted by atomic mass is 35.5. The predicted octanol–water partition coefficient (Wildman–Crippen LogP) is 2.88. The van der Waals surface area contributed by atoms with Crippen LogP contribution in [0.15, 0.2) is 12.3 Å². The number of hydrogen-bond acceptors (Lipinski definition) is 4. The summed E-state index contributed by atoms with van der Waals surface area (Å²) in [6, 6.07) is 1.63. The first kappa shape index (κ1) is 12.1. The summed E-state index contributed by atoms with van der Waals surface area (Å²) in [7, 11) is 0. The topological polar surface area (TPSA) is 59.3 Å². The van der Waals surface area contributed by atoms with E-state index in [0.717, 1.165) is 25.9 Å². The third-order valence-electron chi connectivity index (χ3n) is 3.11. The van der Waals surface area contributed by atoms with Gasteiger partial charge >= 0.3 is 5.82 Å². The lowest BCUT2D eigenvalue weighted by Crippen LogP contribution is -2.33. The van der Waals surface area contributed by atoms with E-state index in [9.17, 15) is 10.1 Å². The molecule has 5 nitrogen and oxygen atoms in total. The molecule has 0 spiro atoms. The minimum Gasteiger partial charge on any atom is -0.365 e. The molecule has 0 unspecified atom stereocenters. The fraction of sp³-hybridized carbons (Fsp3) is 0.545. The minimum atomic E-state index is -0.455. The number of piperidine rings is 1. The number of rotatable bonds is 2. The van der Waals surface area contributed by atoms with Crippen LogP contribution in [0.25, 0.3) is 0 Å². The molecule has 1 aromatic rings. The number of anilines is 1. The quantitative estimate of drug-likeness (QED) is 0.602. The zero-order valence-electron chi connectivity index (χ0n) is 9.60. The first-order valence-corrected chi connectivity index (χ1v) is 6.00. The fourth-order valence-corrected chi connectivity index (χ4v) is 2.20. The van der Waals surface area contributed by atoms with Crippen molar-refractivity contribution < 1.29 is 4.92 Å². The van der Waals surface area contributed by atoms with Crippen molar-refractivity contribution in [2.75, 3.05) is 18.0 Å². The van der Waals surface area contributed by atoms with Crippen LogP contribution >= 0.6 is 11.6 Å². The predicted molar refractivity (Wildman–Crippen MR) is 66.5 cm³/mol. The Balaban J connectivity index is 2.30. The standard InChI is InChI=1S/C11H14ClN3O2/c1-8-2-4-14(5-3-8)10-6-9(12)7-13-11(10)15(16)17/h6-8H,2-5H2,1H3. The molecule has 0 N–H and O–H groups in total. The van der Waals surface area contributed by atoms with E-state index in [1.54, 1.807) is 6.07 Å². The normalized spacial score (nSPS) is 17.2. The molecule has 1 aliphatic rings. The highest BCUT2D eigenvalue weighted by Gasteiger charge is 2.24. The highest BCUT2D eigenvalue weighted by Crippen LogP contribution is 2.31. The Morgan fingerprint density at radius 1 is 1.53 bits per heavy atom. The second kappa shape index (κ2) is 4.87. The molecule has 0 saturated carbocycles. The fourth-order valence-electron chi connectivity index (χ4n) is 2.04. The Hall–Kier alpha value is -1.36. The molecule has 0 atom stereocenters. The molecule has 2 rings (SSSR count). The average molecular weight is 256 g/mol. The van der Waals surface area contributed by atoms with Crippen LogP contribution in [0, 0.1) is 16.0 Å². The van der Waals surface area contributed by atoms with Crippen molar-refractivity contribution in [3.05, 3.63) is 27.4 Å². The van der Waals surface area contributed by atoms with Gasteiger partial charge in [0.05, 0.1) is 5.02 Å². The van der Waals surface area contributed by atoms with Crippen LogP contribution in [-0.2, 0) is 0 Å². The van der Waals surface area contributed by atoms with Crippen molar-refractivity contribution in [2.45, 2.75) is 19.8 Å².